The number of benzene rings is 1. The van der Waals surface area contributed by atoms with Gasteiger partial charge in [0.15, 0.2) is 0 Å². The van der Waals surface area contributed by atoms with Gasteiger partial charge in [-0.1, -0.05) is 6.07 Å². The smallest absolute Gasteiger partial charge is 0.335 e. The number of fused-ring (bicyclic) bond motifs is 1. The summed E-state index contributed by atoms with van der Waals surface area (Å²) in [4.78, 5) is 13.5. The second-order valence-corrected chi connectivity index (χ2v) is 21.7. The second kappa shape index (κ2) is 11.8. The Morgan fingerprint density at radius 1 is 0.742 bits per heavy atom. The van der Waals surface area contributed by atoms with Gasteiger partial charge in [0.05, 0.1) is 5.56 Å². The Morgan fingerprint density at radius 3 is 1.68 bits per heavy atom. The van der Waals surface area contributed by atoms with Crippen molar-refractivity contribution in [3.8, 4) is 0 Å². The van der Waals surface area contributed by atoms with Crippen molar-refractivity contribution >= 4 is 36.6 Å². The number of H-pyrrole nitrogens is 1. The third-order valence-corrected chi connectivity index (χ3v) is 23.4. The summed E-state index contributed by atoms with van der Waals surface area (Å²) in [5, 5.41) is 9.70. The van der Waals surface area contributed by atoms with Crippen LogP contribution < -0.4 is 0 Å². The van der Waals surface area contributed by atoms with Gasteiger partial charge in [-0.25, -0.2) is 4.79 Å². The molecular formula is C27H41NO2Sn. The maximum absolute atomic E-state index is 10.6. The van der Waals surface area contributed by atoms with Crippen LogP contribution in [0.1, 0.15) is 107 Å². The minimum absolute atomic E-state index is 0.310. The molecule has 1 aromatic heterocycles. The standard InChI is InChI=1S/C9H7NO2.3C6H11.Sn.H/c11-9(12)7-2-1-6-3-4-10-8(6)5-7;3*1-2-4-6-5-3-1;;/h1-5,10H,(H,11,12);3*1H,2-6H2;;. The zero-order valence-corrected chi connectivity index (χ0v) is 22.5. The van der Waals surface area contributed by atoms with Crippen LogP contribution in [0.3, 0.4) is 0 Å². The molecule has 0 bridgehead atoms. The van der Waals surface area contributed by atoms with Crippen LogP contribution in [-0.4, -0.2) is 35.8 Å². The average Bonchev–Trinajstić information content (AvgIpc) is 3.30. The third kappa shape index (κ3) is 6.30. The maximum atomic E-state index is 10.6. The molecule has 0 atom stereocenters. The van der Waals surface area contributed by atoms with E-state index in [1.54, 1.807) is 121 Å². The van der Waals surface area contributed by atoms with Gasteiger partial charge in [0.1, 0.15) is 0 Å². The van der Waals surface area contributed by atoms with Gasteiger partial charge in [0.2, 0.25) is 0 Å². The molecule has 0 amide bonds. The average molecular weight is 530 g/mol. The predicted molar refractivity (Wildman–Crippen MR) is 133 cm³/mol. The van der Waals surface area contributed by atoms with Crippen molar-refractivity contribution in [3.63, 3.8) is 0 Å². The minimum Gasteiger partial charge on any atom is -0.478 e. The number of nitrogens with one attached hydrogen (secondary N) is 1. The first-order valence-electron chi connectivity index (χ1n) is 13.0. The third-order valence-electron chi connectivity index (χ3n) is 8.38. The fourth-order valence-electron chi connectivity index (χ4n) is 6.89. The van der Waals surface area contributed by atoms with Crippen molar-refractivity contribution in [2.45, 2.75) is 108 Å². The van der Waals surface area contributed by atoms with Gasteiger partial charge in [-0.05, 0) is 23.6 Å². The van der Waals surface area contributed by atoms with Crippen LogP contribution in [0.15, 0.2) is 30.5 Å². The molecule has 0 saturated heterocycles. The molecule has 2 N–H and O–H groups in total. The first kappa shape index (κ1) is 23.2. The van der Waals surface area contributed by atoms with E-state index in [2.05, 4.69) is 4.98 Å². The van der Waals surface area contributed by atoms with Crippen LogP contribution in [-0.2, 0) is 0 Å². The molecule has 2 aromatic rings. The Balaban J connectivity index is 0.000000166. The van der Waals surface area contributed by atoms with E-state index in [9.17, 15) is 4.79 Å². The van der Waals surface area contributed by atoms with Crippen LogP contribution in [0, 0.1) is 0 Å². The van der Waals surface area contributed by atoms with E-state index in [1.807, 2.05) is 6.07 Å². The molecule has 5 rings (SSSR count). The van der Waals surface area contributed by atoms with Gasteiger partial charge in [-0.15, -0.1) is 0 Å². The molecule has 0 radical (unpaired) electrons. The van der Waals surface area contributed by atoms with E-state index < -0.39 is 25.7 Å². The van der Waals surface area contributed by atoms with Gasteiger partial charge in [-0.2, -0.15) is 0 Å². The summed E-state index contributed by atoms with van der Waals surface area (Å²) in [7, 11) is 0. The van der Waals surface area contributed by atoms with Crippen LogP contribution in [0.4, 0.5) is 0 Å². The fourth-order valence-corrected chi connectivity index (χ4v) is 24.1. The first-order chi connectivity index (χ1) is 15.2. The molecule has 31 heavy (non-hydrogen) atoms. The number of hydrogen-bond donors (Lipinski definition) is 2. The molecule has 4 heteroatoms. The summed E-state index contributed by atoms with van der Waals surface area (Å²) < 4.78 is 4.00. The van der Waals surface area contributed by atoms with E-state index in [0.717, 1.165) is 10.9 Å². The summed E-state index contributed by atoms with van der Waals surface area (Å²) in [5.41, 5.74) is 1.17. The number of aromatic carboxylic acids is 1. The van der Waals surface area contributed by atoms with Crippen molar-refractivity contribution in [1.82, 2.24) is 4.98 Å². The molecule has 3 aliphatic carbocycles. The number of aromatic nitrogens is 1. The summed E-state index contributed by atoms with van der Waals surface area (Å²) in [5.74, 6) is -0.897. The number of carboxylic acids is 1. The topological polar surface area (TPSA) is 53.1 Å². The number of carboxylic acid groups (broad SMARTS) is 1. The molecule has 3 aliphatic rings. The van der Waals surface area contributed by atoms with Crippen molar-refractivity contribution < 1.29 is 9.90 Å². The molecule has 3 nitrogen and oxygen atoms in total. The van der Waals surface area contributed by atoms with E-state index in [0.29, 0.717) is 5.56 Å². The Labute approximate surface area is 195 Å². The molecular weight excluding hydrogens is 489 g/mol. The second-order valence-electron chi connectivity index (χ2n) is 10.4. The molecule has 0 unspecified atom stereocenters. The molecule has 1 aromatic carbocycles. The minimum atomic E-state index is -1.31. The van der Waals surface area contributed by atoms with E-state index in [1.165, 1.54) is 11.8 Å². The summed E-state index contributed by atoms with van der Waals surface area (Å²) in [6.07, 6.45) is 26.1. The summed E-state index contributed by atoms with van der Waals surface area (Å²) in [6, 6.07) is 6.91. The van der Waals surface area contributed by atoms with Crippen molar-refractivity contribution in [3.05, 3.63) is 36.0 Å². The van der Waals surface area contributed by atoms with Gasteiger partial charge in [0, 0.05) is 11.7 Å². The summed E-state index contributed by atoms with van der Waals surface area (Å²) in [6.45, 7) is 0. The molecule has 170 valence electrons. The quantitative estimate of drug-likeness (QED) is 0.393. The van der Waals surface area contributed by atoms with Gasteiger partial charge < -0.3 is 10.1 Å². The zero-order valence-electron chi connectivity index (χ0n) is 19.2. The predicted octanol–water partition coefficient (Wildman–Crippen LogP) is 8.08. The fraction of sp³-hybridized carbons (Fsp3) is 0.667. The molecule has 3 saturated carbocycles. The molecule has 0 aliphatic heterocycles. The largest absolute Gasteiger partial charge is 0.478 e. The van der Waals surface area contributed by atoms with E-state index in [4.69, 9.17) is 5.11 Å². The maximum Gasteiger partial charge on any atom is 0.335 e. The number of hydrogen-bond acceptors (Lipinski definition) is 1. The monoisotopic (exact) mass is 531 g/mol. The Morgan fingerprint density at radius 2 is 1.23 bits per heavy atom. The van der Waals surface area contributed by atoms with Gasteiger partial charge >= 0.3 is 134 Å². The Hall–Kier alpha value is -0.971. The SMILES string of the molecule is C1CC[CH]([SnH]([CH]2CCCCC2)[CH]2CCCCC2)CC1.O=C(O)c1ccc2cc[nH]c2c1. The number of rotatable bonds is 4. The van der Waals surface area contributed by atoms with E-state index in [-0.39, 0.29) is 0 Å². The summed E-state index contributed by atoms with van der Waals surface area (Å²) >= 11 is -1.31. The van der Waals surface area contributed by atoms with Crippen LogP contribution in [0.25, 0.3) is 10.9 Å². The van der Waals surface area contributed by atoms with E-state index >= 15 is 0 Å². The van der Waals surface area contributed by atoms with Crippen molar-refractivity contribution in [2.75, 3.05) is 0 Å². The van der Waals surface area contributed by atoms with Crippen LogP contribution in [0.5, 0.6) is 0 Å². The molecule has 0 spiro atoms. The van der Waals surface area contributed by atoms with Crippen molar-refractivity contribution in [1.29, 1.82) is 0 Å². The number of aromatic amines is 1. The Kier molecular flexibility index (Phi) is 8.80. The van der Waals surface area contributed by atoms with Gasteiger partial charge in [0.25, 0.3) is 0 Å². The normalized spacial score (nSPS) is 21.7. The van der Waals surface area contributed by atoms with Crippen molar-refractivity contribution in [2.24, 2.45) is 0 Å². The number of carbonyl (C=O) groups is 1. The molecule has 1 heterocycles. The Bertz CT molecular complexity index is 771. The first-order valence-corrected chi connectivity index (χ1v) is 18.7. The van der Waals surface area contributed by atoms with Gasteiger partial charge in [-0.3, -0.25) is 0 Å². The van der Waals surface area contributed by atoms with Crippen LogP contribution in [0.2, 0.25) is 11.8 Å². The van der Waals surface area contributed by atoms with Crippen LogP contribution >= 0.6 is 0 Å². The zero-order chi connectivity index (χ0) is 21.5. The molecule has 3 fully saturated rings.